The molecule has 0 aliphatic carbocycles. The summed E-state index contributed by atoms with van der Waals surface area (Å²) in [6, 6.07) is 14.1. The molecule has 0 fully saturated rings. The maximum absolute atomic E-state index is 11.8. The summed E-state index contributed by atoms with van der Waals surface area (Å²) in [6.07, 6.45) is 0. The first-order valence-electron chi connectivity index (χ1n) is 7.74. The third kappa shape index (κ3) is 2.84. The van der Waals surface area contributed by atoms with E-state index in [0.717, 1.165) is 11.0 Å². The van der Waals surface area contributed by atoms with Gasteiger partial charge in [0.1, 0.15) is 5.75 Å². The van der Waals surface area contributed by atoms with Gasteiger partial charge in [-0.25, -0.2) is 9.78 Å². The molecular weight excluding hydrogens is 321 g/mol. The van der Waals surface area contributed by atoms with Crippen LogP contribution in [0.4, 0.5) is 0 Å². The summed E-state index contributed by atoms with van der Waals surface area (Å²) in [5.41, 5.74) is 2.74. The van der Waals surface area contributed by atoms with Crippen LogP contribution in [0.2, 0.25) is 0 Å². The molecule has 0 atom stereocenters. The molecule has 0 radical (unpaired) electrons. The maximum atomic E-state index is 11.8. The zero-order valence-electron chi connectivity index (χ0n) is 13.4. The molecule has 0 saturated heterocycles. The Hall–Kier alpha value is -2.90. The lowest BCUT2D eigenvalue weighted by atomic mass is 9.80. The van der Waals surface area contributed by atoms with Gasteiger partial charge in [0.05, 0.1) is 24.8 Å². The summed E-state index contributed by atoms with van der Waals surface area (Å²) in [7, 11) is 0.472. The Labute approximate surface area is 144 Å². The molecule has 1 aliphatic heterocycles. The number of aromatic nitrogens is 1. The van der Waals surface area contributed by atoms with Gasteiger partial charge >= 0.3 is 13.1 Å². The van der Waals surface area contributed by atoms with Crippen LogP contribution >= 0.6 is 0 Å². The SMILES string of the molecule is COC(=O)c1cccc2nc(Oc3ccc4c(c3)COB4O)ccc12. The molecule has 2 heterocycles. The summed E-state index contributed by atoms with van der Waals surface area (Å²) in [4.78, 5) is 16.3. The number of carbonyl (C=O) groups excluding carboxylic acids is 1. The fourth-order valence-corrected chi connectivity index (χ4v) is 2.87. The zero-order chi connectivity index (χ0) is 17.4. The summed E-state index contributed by atoms with van der Waals surface area (Å²) in [6.45, 7) is 0.349. The van der Waals surface area contributed by atoms with Crippen molar-refractivity contribution in [2.45, 2.75) is 6.61 Å². The highest BCUT2D eigenvalue weighted by atomic mass is 16.5. The standard InChI is InChI=1S/C18H14BNO5/c1-23-18(21)14-3-2-4-16-13(14)6-8-17(20-16)25-12-5-7-15-11(9-12)10-24-19(15)22/h2-9,22H,10H2,1H3. The van der Waals surface area contributed by atoms with E-state index in [1.54, 1.807) is 36.4 Å². The van der Waals surface area contributed by atoms with Crippen molar-refractivity contribution in [2.24, 2.45) is 0 Å². The van der Waals surface area contributed by atoms with E-state index in [4.69, 9.17) is 14.1 Å². The third-order valence-electron chi connectivity index (χ3n) is 4.11. The maximum Gasteiger partial charge on any atom is 0.491 e. The van der Waals surface area contributed by atoms with Gasteiger partial charge in [0.15, 0.2) is 0 Å². The minimum Gasteiger partial charge on any atom is -0.465 e. The number of methoxy groups -OCH3 is 1. The Balaban J connectivity index is 1.66. The molecule has 0 bridgehead atoms. The molecule has 1 aliphatic rings. The predicted molar refractivity (Wildman–Crippen MR) is 92.0 cm³/mol. The van der Waals surface area contributed by atoms with Gasteiger partial charge in [-0.3, -0.25) is 0 Å². The zero-order valence-corrected chi connectivity index (χ0v) is 13.4. The Morgan fingerprint density at radius 2 is 2.12 bits per heavy atom. The van der Waals surface area contributed by atoms with Crippen molar-refractivity contribution >= 4 is 29.5 Å². The number of hydrogen-bond acceptors (Lipinski definition) is 6. The van der Waals surface area contributed by atoms with Crippen LogP contribution in [-0.4, -0.2) is 30.2 Å². The van der Waals surface area contributed by atoms with Gasteiger partial charge in [0, 0.05) is 11.5 Å². The van der Waals surface area contributed by atoms with Gasteiger partial charge < -0.3 is 19.2 Å². The van der Waals surface area contributed by atoms with E-state index in [-0.39, 0.29) is 0 Å². The lowest BCUT2D eigenvalue weighted by molar-refractivity contribution is 0.0603. The average molecular weight is 335 g/mol. The van der Waals surface area contributed by atoms with Crippen LogP contribution in [0.1, 0.15) is 15.9 Å². The van der Waals surface area contributed by atoms with Gasteiger partial charge in [-0.15, -0.1) is 0 Å². The molecule has 6 nitrogen and oxygen atoms in total. The number of hydrogen-bond donors (Lipinski definition) is 1. The first kappa shape index (κ1) is 15.6. The first-order valence-corrected chi connectivity index (χ1v) is 7.74. The van der Waals surface area contributed by atoms with Crippen molar-refractivity contribution in [3.8, 4) is 11.6 Å². The molecule has 0 unspecified atom stereocenters. The lowest BCUT2D eigenvalue weighted by Crippen LogP contribution is -2.27. The molecule has 1 N–H and O–H groups in total. The first-order chi connectivity index (χ1) is 12.2. The Morgan fingerprint density at radius 3 is 2.96 bits per heavy atom. The number of nitrogens with zero attached hydrogens (tertiary/aromatic N) is 1. The molecule has 4 rings (SSSR count). The Morgan fingerprint density at radius 1 is 1.24 bits per heavy atom. The molecular formula is C18H14BNO5. The highest BCUT2D eigenvalue weighted by Crippen LogP contribution is 2.26. The summed E-state index contributed by atoms with van der Waals surface area (Å²) in [5.74, 6) is 0.611. The van der Waals surface area contributed by atoms with Crippen molar-refractivity contribution in [3.05, 3.63) is 59.7 Å². The van der Waals surface area contributed by atoms with E-state index in [0.29, 0.717) is 34.7 Å². The predicted octanol–water partition coefficient (Wildman–Crippen LogP) is 2.03. The van der Waals surface area contributed by atoms with Gasteiger partial charge in [-0.05, 0) is 41.4 Å². The normalized spacial score (nSPS) is 13.0. The second-order valence-corrected chi connectivity index (χ2v) is 5.64. The summed E-state index contributed by atoms with van der Waals surface area (Å²) < 4.78 is 15.8. The fraction of sp³-hybridized carbons (Fsp3) is 0.111. The number of fused-ring (bicyclic) bond motifs is 2. The van der Waals surface area contributed by atoms with Crippen LogP contribution < -0.4 is 10.2 Å². The molecule has 2 aromatic carbocycles. The molecule has 25 heavy (non-hydrogen) atoms. The van der Waals surface area contributed by atoms with Crippen molar-refractivity contribution in [1.29, 1.82) is 0 Å². The Bertz CT molecular complexity index is 975. The molecule has 0 amide bonds. The molecule has 1 aromatic heterocycles. The van der Waals surface area contributed by atoms with Crippen LogP contribution in [0.3, 0.4) is 0 Å². The minimum atomic E-state index is -0.875. The number of pyridine rings is 1. The van der Waals surface area contributed by atoms with Gasteiger partial charge in [0.25, 0.3) is 0 Å². The van der Waals surface area contributed by atoms with Crippen LogP contribution in [0, 0.1) is 0 Å². The van der Waals surface area contributed by atoms with Crippen molar-refractivity contribution in [3.63, 3.8) is 0 Å². The van der Waals surface area contributed by atoms with Gasteiger partial charge in [-0.1, -0.05) is 12.1 Å². The third-order valence-corrected chi connectivity index (χ3v) is 4.11. The highest BCUT2D eigenvalue weighted by Gasteiger charge is 2.27. The topological polar surface area (TPSA) is 77.9 Å². The number of ether oxygens (including phenoxy) is 2. The largest absolute Gasteiger partial charge is 0.491 e. The second-order valence-electron chi connectivity index (χ2n) is 5.64. The van der Waals surface area contributed by atoms with E-state index >= 15 is 0 Å². The number of carbonyl (C=O) groups is 1. The number of benzene rings is 2. The number of esters is 1. The average Bonchev–Trinajstić information content (AvgIpc) is 3.01. The van der Waals surface area contributed by atoms with Crippen molar-refractivity contribution in [2.75, 3.05) is 7.11 Å². The van der Waals surface area contributed by atoms with Crippen LogP contribution in [0.25, 0.3) is 10.9 Å². The van der Waals surface area contributed by atoms with E-state index in [1.165, 1.54) is 7.11 Å². The molecule has 0 spiro atoms. The van der Waals surface area contributed by atoms with E-state index in [2.05, 4.69) is 4.98 Å². The fourth-order valence-electron chi connectivity index (χ4n) is 2.87. The summed E-state index contributed by atoms with van der Waals surface area (Å²) >= 11 is 0. The molecule has 0 saturated carbocycles. The van der Waals surface area contributed by atoms with Crippen LogP contribution in [0.15, 0.2) is 48.5 Å². The van der Waals surface area contributed by atoms with Gasteiger partial charge in [0.2, 0.25) is 5.88 Å². The van der Waals surface area contributed by atoms with E-state index < -0.39 is 13.1 Å². The Kier molecular flexibility index (Phi) is 3.87. The van der Waals surface area contributed by atoms with Crippen LogP contribution in [-0.2, 0) is 16.0 Å². The monoisotopic (exact) mass is 335 g/mol. The molecule has 3 aromatic rings. The quantitative estimate of drug-likeness (QED) is 0.583. The molecule has 7 heteroatoms. The second kappa shape index (κ2) is 6.20. The molecule has 124 valence electrons. The van der Waals surface area contributed by atoms with E-state index in [1.807, 2.05) is 12.1 Å². The van der Waals surface area contributed by atoms with Crippen molar-refractivity contribution < 1.29 is 23.9 Å². The smallest absolute Gasteiger partial charge is 0.465 e. The highest BCUT2D eigenvalue weighted by molar-refractivity contribution is 6.61. The van der Waals surface area contributed by atoms with Crippen LogP contribution in [0.5, 0.6) is 11.6 Å². The lowest BCUT2D eigenvalue weighted by Gasteiger charge is -2.09. The summed E-state index contributed by atoms with van der Waals surface area (Å²) in [5, 5.41) is 10.4. The van der Waals surface area contributed by atoms with E-state index in [9.17, 15) is 9.82 Å². The van der Waals surface area contributed by atoms with Crippen molar-refractivity contribution in [1.82, 2.24) is 4.98 Å². The van der Waals surface area contributed by atoms with Gasteiger partial charge in [-0.2, -0.15) is 0 Å². The number of rotatable bonds is 3. The minimum absolute atomic E-state index is 0.349.